The van der Waals surface area contributed by atoms with Gasteiger partial charge in [0.1, 0.15) is 0 Å². The first-order chi connectivity index (χ1) is 8.72. The van der Waals surface area contributed by atoms with E-state index in [0.717, 1.165) is 37.9 Å². The molecule has 0 saturated carbocycles. The highest BCUT2D eigenvalue weighted by atomic mass is 16.2. The zero-order valence-corrected chi connectivity index (χ0v) is 10.7. The molecule has 1 saturated heterocycles. The van der Waals surface area contributed by atoms with Gasteiger partial charge in [0, 0.05) is 18.8 Å². The molecule has 1 aliphatic rings. The Labute approximate surface area is 108 Å². The maximum absolute atomic E-state index is 12.3. The molecule has 2 rings (SSSR count). The molecule has 1 amide bonds. The minimum absolute atomic E-state index is 0.0670. The number of anilines is 1. The van der Waals surface area contributed by atoms with Gasteiger partial charge >= 0.3 is 0 Å². The van der Waals surface area contributed by atoms with Crippen LogP contribution in [0.2, 0.25) is 0 Å². The summed E-state index contributed by atoms with van der Waals surface area (Å²) in [5.41, 5.74) is 8.28. The van der Waals surface area contributed by atoms with Crippen LogP contribution in [0.25, 0.3) is 0 Å². The van der Waals surface area contributed by atoms with Gasteiger partial charge in [0.05, 0.1) is 5.56 Å². The van der Waals surface area contributed by atoms with E-state index < -0.39 is 0 Å². The Morgan fingerprint density at radius 2 is 2.06 bits per heavy atom. The number of likely N-dealkylation sites (tertiary alicyclic amines) is 1. The fourth-order valence-electron chi connectivity index (χ4n) is 2.37. The third-order valence-electron chi connectivity index (χ3n) is 3.37. The molecule has 96 valence electrons. The number of rotatable bonds is 3. The van der Waals surface area contributed by atoms with Crippen molar-refractivity contribution in [2.45, 2.75) is 25.7 Å². The summed E-state index contributed by atoms with van der Waals surface area (Å²) in [5.74, 6) is 0.0670. The molecule has 0 unspecified atom stereocenters. The monoisotopic (exact) mass is 244 g/mol. The number of benzene rings is 1. The van der Waals surface area contributed by atoms with Gasteiger partial charge in [0.25, 0.3) is 5.91 Å². The van der Waals surface area contributed by atoms with Gasteiger partial charge < -0.3 is 10.6 Å². The summed E-state index contributed by atoms with van der Waals surface area (Å²) in [7, 11) is 0. The highest BCUT2D eigenvalue weighted by molar-refractivity contribution is 5.99. The largest absolute Gasteiger partial charge is 0.398 e. The van der Waals surface area contributed by atoms with Crippen LogP contribution in [-0.2, 0) is 6.42 Å². The van der Waals surface area contributed by atoms with Crippen molar-refractivity contribution in [2.24, 2.45) is 0 Å². The molecule has 0 radical (unpaired) electrons. The quantitative estimate of drug-likeness (QED) is 0.656. The molecule has 18 heavy (non-hydrogen) atoms. The second-order valence-corrected chi connectivity index (χ2v) is 4.77. The van der Waals surface area contributed by atoms with Crippen LogP contribution in [0.5, 0.6) is 0 Å². The predicted octanol–water partition coefficient (Wildman–Crippen LogP) is 2.62. The molecular formula is C15H20N2O. The summed E-state index contributed by atoms with van der Waals surface area (Å²) >= 11 is 0. The van der Waals surface area contributed by atoms with E-state index in [1.807, 2.05) is 29.2 Å². The number of piperidine rings is 1. The summed E-state index contributed by atoms with van der Waals surface area (Å²) in [5, 5.41) is 0. The number of hydrogen-bond acceptors (Lipinski definition) is 2. The van der Waals surface area contributed by atoms with Gasteiger partial charge in [0.2, 0.25) is 0 Å². The highest BCUT2D eigenvalue weighted by Gasteiger charge is 2.19. The Morgan fingerprint density at radius 3 is 2.67 bits per heavy atom. The summed E-state index contributed by atoms with van der Waals surface area (Å²) in [4.78, 5) is 14.2. The third-order valence-corrected chi connectivity index (χ3v) is 3.37. The van der Waals surface area contributed by atoms with Gasteiger partial charge in [-0.2, -0.15) is 0 Å². The topological polar surface area (TPSA) is 46.3 Å². The number of carbonyl (C=O) groups excluding carboxylic acids is 1. The minimum Gasteiger partial charge on any atom is -0.398 e. The van der Waals surface area contributed by atoms with Crippen molar-refractivity contribution < 1.29 is 4.79 Å². The minimum atomic E-state index is 0.0670. The lowest BCUT2D eigenvalue weighted by Gasteiger charge is -2.27. The molecule has 3 nitrogen and oxygen atoms in total. The van der Waals surface area contributed by atoms with E-state index >= 15 is 0 Å². The van der Waals surface area contributed by atoms with Crippen LogP contribution in [0.3, 0.4) is 0 Å². The molecule has 0 aliphatic carbocycles. The molecule has 3 heteroatoms. The van der Waals surface area contributed by atoms with Crippen molar-refractivity contribution in [3.63, 3.8) is 0 Å². The van der Waals surface area contributed by atoms with Crippen LogP contribution in [-0.4, -0.2) is 23.9 Å². The summed E-state index contributed by atoms with van der Waals surface area (Å²) in [6, 6.07) is 5.67. The predicted molar refractivity (Wildman–Crippen MR) is 74.5 cm³/mol. The fraction of sp³-hybridized carbons (Fsp3) is 0.400. The molecule has 1 heterocycles. The van der Waals surface area contributed by atoms with Crippen molar-refractivity contribution >= 4 is 11.6 Å². The third kappa shape index (κ3) is 2.73. The molecule has 0 bridgehead atoms. The summed E-state index contributed by atoms with van der Waals surface area (Å²) in [6.45, 7) is 5.41. The zero-order valence-electron chi connectivity index (χ0n) is 10.7. The lowest BCUT2D eigenvalue weighted by atomic mass is 10.0. The van der Waals surface area contributed by atoms with E-state index in [-0.39, 0.29) is 5.91 Å². The lowest BCUT2D eigenvalue weighted by molar-refractivity contribution is 0.0725. The van der Waals surface area contributed by atoms with Crippen LogP contribution in [0.15, 0.2) is 30.9 Å². The van der Waals surface area contributed by atoms with E-state index in [4.69, 9.17) is 5.73 Å². The average Bonchev–Trinajstić information content (AvgIpc) is 2.40. The van der Waals surface area contributed by atoms with Crippen molar-refractivity contribution in [1.29, 1.82) is 0 Å². The number of nitrogen functional groups attached to an aromatic ring is 1. The van der Waals surface area contributed by atoms with Gasteiger partial charge in [-0.05, 0) is 43.4 Å². The molecule has 1 aromatic rings. The maximum atomic E-state index is 12.3. The van der Waals surface area contributed by atoms with Gasteiger partial charge in [-0.25, -0.2) is 0 Å². The van der Waals surface area contributed by atoms with E-state index in [1.54, 1.807) is 0 Å². The molecule has 0 atom stereocenters. The smallest absolute Gasteiger partial charge is 0.255 e. The number of amides is 1. The Kier molecular flexibility index (Phi) is 4.03. The normalized spacial score (nSPS) is 15.4. The van der Waals surface area contributed by atoms with E-state index in [1.165, 1.54) is 6.42 Å². The van der Waals surface area contributed by atoms with Crippen LogP contribution in [0.1, 0.15) is 35.2 Å². The van der Waals surface area contributed by atoms with Crippen LogP contribution < -0.4 is 5.73 Å². The van der Waals surface area contributed by atoms with Gasteiger partial charge in [0.15, 0.2) is 0 Å². The average molecular weight is 244 g/mol. The SMILES string of the molecule is C=CCc1ccc(C(=O)N2CCCCC2)c(N)c1. The Morgan fingerprint density at radius 1 is 1.33 bits per heavy atom. The summed E-state index contributed by atoms with van der Waals surface area (Å²) < 4.78 is 0. The molecule has 1 aliphatic heterocycles. The van der Waals surface area contributed by atoms with Gasteiger partial charge in [-0.1, -0.05) is 12.1 Å². The number of carbonyl (C=O) groups is 1. The molecule has 0 aromatic heterocycles. The van der Waals surface area contributed by atoms with Crippen molar-refractivity contribution in [2.75, 3.05) is 18.8 Å². The van der Waals surface area contributed by atoms with Crippen molar-refractivity contribution in [3.8, 4) is 0 Å². The van der Waals surface area contributed by atoms with E-state index in [9.17, 15) is 4.79 Å². The Hall–Kier alpha value is -1.77. The summed E-state index contributed by atoms with van der Waals surface area (Å²) in [6.07, 6.45) is 6.03. The van der Waals surface area contributed by atoms with E-state index in [2.05, 4.69) is 6.58 Å². The standard InChI is InChI=1S/C15H20N2O/c1-2-6-12-7-8-13(14(16)11-12)15(18)17-9-4-3-5-10-17/h2,7-8,11H,1,3-6,9-10,16H2. The Bertz CT molecular complexity index is 448. The fourth-order valence-corrected chi connectivity index (χ4v) is 2.37. The van der Waals surface area contributed by atoms with Gasteiger partial charge in [-0.15, -0.1) is 6.58 Å². The molecular weight excluding hydrogens is 224 g/mol. The second-order valence-electron chi connectivity index (χ2n) is 4.77. The molecule has 1 fully saturated rings. The maximum Gasteiger partial charge on any atom is 0.255 e. The first kappa shape index (κ1) is 12.7. The first-order valence-electron chi connectivity index (χ1n) is 6.51. The number of allylic oxidation sites excluding steroid dienone is 1. The lowest BCUT2D eigenvalue weighted by Crippen LogP contribution is -2.35. The first-order valence-corrected chi connectivity index (χ1v) is 6.51. The van der Waals surface area contributed by atoms with E-state index in [0.29, 0.717) is 11.3 Å². The number of hydrogen-bond donors (Lipinski definition) is 1. The molecule has 1 aromatic carbocycles. The zero-order chi connectivity index (χ0) is 13.0. The van der Waals surface area contributed by atoms with Crippen LogP contribution in [0.4, 0.5) is 5.69 Å². The number of nitrogens with two attached hydrogens (primary N) is 1. The second kappa shape index (κ2) is 5.71. The van der Waals surface area contributed by atoms with Crippen molar-refractivity contribution in [3.05, 3.63) is 42.0 Å². The molecule has 2 N–H and O–H groups in total. The molecule has 0 spiro atoms. The van der Waals surface area contributed by atoms with Crippen molar-refractivity contribution in [1.82, 2.24) is 4.90 Å². The van der Waals surface area contributed by atoms with Crippen LogP contribution >= 0.6 is 0 Å². The number of nitrogens with zero attached hydrogens (tertiary/aromatic N) is 1. The van der Waals surface area contributed by atoms with Crippen LogP contribution in [0, 0.1) is 0 Å². The Balaban J connectivity index is 2.16. The van der Waals surface area contributed by atoms with Gasteiger partial charge in [-0.3, -0.25) is 4.79 Å². The highest BCUT2D eigenvalue weighted by Crippen LogP contribution is 2.19.